The molecule has 1 aromatic heterocycles. The third kappa shape index (κ3) is 4.83. The van der Waals surface area contributed by atoms with Crippen LogP contribution in [0, 0.1) is 5.41 Å². The summed E-state index contributed by atoms with van der Waals surface area (Å²) in [4.78, 5) is 6.23. The normalized spacial score (nSPS) is 14.0. The van der Waals surface area contributed by atoms with Crippen LogP contribution < -0.4 is 5.32 Å². The number of thiazole rings is 1. The average Bonchev–Trinajstić information content (AvgIpc) is 2.69. The van der Waals surface area contributed by atoms with Crippen LogP contribution in [-0.2, 0) is 17.7 Å². The van der Waals surface area contributed by atoms with Crippen LogP contribution in [0.15, 0.2) is 0 Å². The summed E-state index contributed by atoms with van der Waals surface area (Å²) in [7, 11) is 1.78. The molecule has 1 N–H and O–H groups in total. The van der Waals surface area contributed by atoms with Crippen molar-refractivity contribution in [3.8, 4) is 0 Å². The van der Waals surface area contributed by atoms with Gasteiger partial charge in [-0.05, 0) is 11.8 Å². The molecule has 1 heterocycles. The van der Waals surface area contributed by atoms with Gasteiger partial charge < -0.3 is 10.1 Å². The van der Waals surface area contributed by atoms with Crippen molar-refractivity contribution >= 4 is 11.3 Å². The lowest BCUT2D eigenvalue weighted by molar-refractivity contribution is 0.0149. The first-order valence-electron chi connectivity index (χ1n) is 7.54. The number of ether oxygens (including phenoxy) is 1. The molecule has 0 saturated heterocycles. The Labute approximate surface area is 128 Å². The highest BCUT2D eigenvalue weighted by atomic mass is 32.1. The Kier molecular flexibility index (Phi) is 6.62. The Balaban J connectivity index is 3.00. The zero-order valence-electron chi connectivity index (χ0n) is 14.0. The van der Waals surface area contributed by atoms with Gasteiger partial charge in [0.25, 0.3) is 0 Å². The second kappa shape index (κ2) is 7.53. The van der Waals surface area contributed by atoms with E-state index < -0.39 is 0 Å². The van der Waals surface area contributed by atoms with Crippen molar-refractivity contribution in [2.75, 3.05) is 7.11 Å². The van der Waals surface area contributed by atoms with Crippen LogP contribution >= 0.6 is 11.3 Å². The molecule has 0 amide bonds. The highest BCUT2D eigenvalue weighted by molar-refractivity contribution is 7.11. The molecule has 0 aliphatic heterocycles. The van der Waals surface area contributed by atoms with Gasteiger partial charge in [0.1, 0.15) is 11.1 Å². The fourth-order valence-corrected chi connectivity index (χ4v) is 3.59. The van der Waals surface area contributed by atoms with Gasteiger partial charge in [-0.25, -0.2) is 4.98 Å². The zero-order chi connectivity index (χ0) is 15.3. The molecule has 20 heavy (non-hydrogen) atoms. The van der Waals surface area contributed by atoms with Crippen molar-refractivity contribution in [2.24, 2.45) is 5.41 Å². The van der Waals surface area contributed by atoms with E-state index in [2.05, 4.69) is 46.9 Å². The summed E-state index contributed by atoms with van der Waals surface area (Å²) in [6, 6.07) is 0.496. The van der Waals surface area contributed by atoms with Gasteiger partial charge in [-0.3, -0.25) is 0 Å². The lowest BCUT2D eigenvalue weighted by Gasteiger charge is -2.27. The number of hydrogen-bond donors (Lipinski definition) is 1. The lowest BCUT2D eigenvalue weighted by atomic mass is 9.89. The van der Waals surface area contributed by atoms with Gasteiger partial charge in [0.05, 0.1) is 5.69 Å². The van der Waals surface area contributed by atoms with Crippen LogP contribution in [0.4, 0.5) is 0 Å². The molecule has 0 bridgehead atoms. The number of rotatable bonds is 7. The molecule has 0 aliphatic rings. The number of nitrogens with one attached hydrogen (secondary N) is 1. The summed E-state index contributed by atoms with van der Waals surface area (Å²) < 4.78 is 5.70. The van der Waals surface area contributed by atoms with Gasteiger partial charge in [-0.1, -0.05) is 48.0 Å². The molecular formula is C16H30N2OS. The molecule has 1 aromatic rings. The van der Waals surface area contributed by atoms with Crippen LogP contribution in [0.25, 0.3) is 0 Å². The van der Waals surface area contributed by atoms with E-state index in [0.29, 0.717) is 6.04 Å². The van der Waals surface area contributed by atoms with Crippen LogP contribution in [-0.4, -0.2) is 18.1 Å². The molecule has 0 saturated carbocycles. The summed E-state index contributed by atoms with van der Waals surface area (Å²) in [5.74, 6) is 0. The molecule has 0 radical (unpaired) electrons. The standard InChI is InChI=1S/C16H30N2OS/c1-8-9-12-13(10-17-11(2)3)20-15(18-12)14(19-7)16(4,5)6/h11,14,17H,8-10H2,1-7H3. The Morgan fingerprint density at radius 3 is 2.40 bits per heavy atom. The second-order valence-electron chi connectivity index (χ2n) is 6.69. The Bertz CT molecular complexity index is 407. The van der Waals surface area contributed by atoms with Crippen LogP contribution in [0.2, 0.25) is 0 Å². The Morgan fingerprint density at radius 2 is 1.95 bits per heavy atom. The maximum absolute atomic E-state index is 5.70. The van der Waals surface area contributed by atoms with E-state index in [4.69, 9.17) is 9.72 Å². The summed E-state index contributed by atoms with van der Waals surface area (Å²) >= 11 is 1.80. The molecule has 0 fully saturated rings. The predicted octanol–water partition coefficient (Wildman–Crippen LogP) is 4.33. The quantitative estimate of drug-likeness (QED) is 0.813. The minimum Gasteiger partial charge on any atom is -0.374 e. The predicted molar refractivity (Wildman–Crippen MR) is 87.3 cm³/mol. The van der Waals surface area contributed by atoms with Crippen LogP contribution in [0.5, 0.6) is 0 Å². The van der Waals surface area contributed by atoms with E-state index in [0.717, 1.165) is 24.4 Å². The lowest BCUT2D eigenvalue weighted by Crippen LogP contribution is -2.21. The molecule has 1 atom stereocenters. The van der Waals surface area contributed by atoms with Crippen molar-refractivity contribution in [3.05, 3.63) is 15.6 Å². The first-order valence-corrected chi connectivity index (χ1v) is 8.35. The van der Waals surface area contributed by atoms with Gasteiger partial charge in [-0.2, -0.15) is 0 Å². The number of nitrogens with zero attached hydrogens (tertiary/aromatic N) is 1. The van der Waals surface area contributed by atoms with Crippen LogP contribution in [0.1, 0.15) is 69.6 Å². The van der Waals surface area contributed by atoms with Gasteiger partial charge >= 0.3 is 0 Å². The van der Waals surface area contributed by atoms with E-state index in [1.165, 1.54) is 10.6 Å². The third-order valence-electron chi connectivity index (χ3n) is 3.20. The Hall–Kier alpha value is -0.450. The Morgan fingerprint density at radius 1 is 1.30 bits per heavy atom. The third-order valence-corrected chi connectivity index (χ3v) is 4.34. The molecule has 3 nitrogen and oxygen atoms in total. The molecule has 116 valence electrons. The SMILES string of the molecule is CCCc1nc(C(OC)C(C)(C)C)sc1CNC(C)C. The number of methoxy groups -OCH3 is 1. The summed E-state index contributed by atoms with van der Waals surface area (Å²) in [6.07, 6.45) is 2.24. The number of aryl methyl sites for hydroxylation is 1. The molecule has 0 aliphatic carbocycles. The molecule has 4 heteroatoms. The highest BCUT2D eigenvalue weighted by Crippen LogP contribution is 2.38. The summed E-state index contributed by atoms with van der Waals surface area (Å²) in [6.45, 7) is 14.1. The molecule has 1 unspecified atom stereocenters. The minimum absolute atomic E-state index is 0.0657. The van der Waals surface area contributed by atoms with Crippen molar-refractivity contribution in [1.29, 1.82) is 0 Å². The van der Waals surface area contributed by atoms with Crippen molar-refractivity contribution in [2.45, 2.75) is 73.1 Å². The maximum atomic E-state index is 5.70. The van der Waals surface area contributed by atoms with Gasteiger partial charge in [-0.15, -0.1) is 11.3 Å². The monoisotopic (exact) mass is 298 g/mol. The fourth-order valence-electron chi connectivity index (χ4n) is 2.21. The van der Waals surface area contributed by atoms with Gasteiger partial charge in [0, 0.05) is 24.6 Å². The minimum atomic E-state index is 0.0657. The number of aromatic nitrogens is 1. The van der Waals surface area contributed by atoms with E-state index in [1.54, 1.807) is 18.4 Å². The molecular weight excluding hydrogens is 268 g/mol. The maximum Gasteiger partial charge on any atom is 0.123 e. The van der Waals surface area contributed by atoms with Crippen molar-refractivity contribution < 1.29 is 4.74 Å². The first kappa shape index (κ1) is 17.6. The first-order chi connectivity index (χ1) is 9.29. The van der Waals surface area contributed by atoms with Crippen molar-refractivity contribution in [3.63, 3.8) is 0 Å². The average molecular weight is 298 g/mol. The summed E-state index contributed by atoms with van der Waals surface area (Å²) in [5, 5.41) is 4.61. The van der Waals surface area contributed by atoms with E-state index in [9.17, 15) is 0 Å². The van der Waals surface area contributed by atoms with E-state index >= 15 is 0 Å². The zero-order valence-corrected chi connectivity index (χ0v) is 14.9. The smallest absolute Gasteiger partial charge is 0.123 e. The van der Waals surface area contributed by atoms with E-state index in [1.807, 2.05) is 0 Å². The van der Waals surface area contributed by atoms with Gasteiger partial charge in [0.15, 0.2) is 0 Å². The fraction of sp³-hybridized carbons (Fsp3) is 0.812. The van der Waals surface area contributed by atoms with Gasteiger partial charge in [0.2, 0.25) is 0 Å². The molecule has 1 rings (SSSR count). The van der Waals surface area contributed by atoms with Crippen LogP contribution in [0.3, 0.4) is 0 Å². The molecule has 0 spiro atoms. The number of hydrogen-bond acceptors (Lipinski definition) is 4. The second-order valence-corrected chi connectivity index (χ2v) is 7.80. The largest absolute Gasteiger partial charge is 0.374 e. The highest BCUT2D eigenvalue weighted by Gasteiger charge is 2.29. The van der Waals surface area contributed by atoms with Crippen molar-refractivity contribution in [1.82, 2.24) is 10.3 Å². The summed E-state index contributed by atoms with van der Waals surface area (Å²) in [5.41, 5.74) is 1.31. The molecule has 0 aromatic carbocycles. The van der Waals surface area contributed by atoms with E-state index in [-0.39, 0.29) is 11.5 Å². The topological polar surface area (TPSA) is 34.1 Å².